The molecule has 0 saturated carbocycles. The molecule has 4 heteroatoms. The molecule has 1 fully saturated rings. The Hall–Kier alpha value is -1.81. The number of carbonyl (C=O) groups excluding carboxylic acids is 1. The Labute approximate surface area is 125 Å². The number of nitrogens with zero attached hydrogens (tertiary/aromatic N) is 1. The van der Waals surface area contributed by atoms with Gasteiger partial charge in [-0.2, -0.15) is 0 Å². The van der Waals surface area contributed by atoms with E-state index in [2.05, 4.69) is 43.2 Å². The van der Waals surface area contributed by atoms with Crippen LogP contribution >= 0.6 is 0 Å². The van der Waals surface area contributed by atoms with Gasteiger partial charge in [-0.25, -0.2) is 0 Å². The van der Waals surface area contributed by atoms with Gasteiger partial charge in [0.15, 0.2) is 0 Å². The average Bonchev–Trinajstić information content (AvgIpc) is 2.95. The third-order valence-electron chi connectivity index (χ3n) is 4.31. The van der Waals surface area contributed by atoms with Gasteiger partial charge in [-0.3, -0.25) is 10.1 Å². The zero-order valence-electron chi connectivity index (χ0n) is 13.1. The van der Waals surface area contributed by atoms with Gasteiger partial charge in [-0.15, -0.1) is 0 Å². The van der Waals surface area contributed by atoms with Crippen LogP contribution in [0.2, 0.25) is 0 Å². The van der Waals surface area contributed by atoms with Crippen LogP contribution in [0.25, 0.3) is 10.9 Å². The number of para-hydroxylation sites is 1. The first-order valence-electron chi connectivity index (χ1n) is 7.45. The first kappa shape index (κ1) is 14.1. The molecule has 1 amide bonds. The lowest BCUT2D eigenvalue weighted by atomic mass is 9.92. The van der Waals surface area contributed by atoms with Crippen molar-refractivity contribution in [1.29, 1.82) is 0 Å². The first-order chi connectivity index (χ1) is 9.88. The number of H-pyrrole nitrogens is 1. The minimum atomic E-state index is -0.140. The maximum absolute atomic E-state index is 12.5. The molecule has 2 aromatic rings. The van der Waals surface area contributed by atoms with Crippen LogP contribution in [0.4, 0.5) is 0 Å². The van der Waals surface area contributed by atoms with Gasteiger partial charge < -0.3 is 9.88 Å². The lowest BCUT2D eigenvalue weighted by Crippen LogP contribution is -2.45. The molecule has 21 heavy (non-hydrogen) atoms. The van der Waals surface area contributed by atoms with Crippen LogP contribution in [0.15, 0.2) is 30.5 Å². The Morgan fingerprint density at radius 2 is 1.95 bits per heavy atom. The molecule has 2 unspecified atom stereocenters. The predicted molar refractivity (Wildman–Crippen MR) is 84.9 cm³/mol. The number of nitrogens with one attached hydrogen (secondary N) is 2. The van der Waals surface area contributed by atoms with Gasteiger partial charge in [0.25, 0.3) is 0 Å². The number of aromatic amines is 1. The van der Waals surface area contributed by atoms with Gasteiger partial charge >= 0.3 is 0 Å². The maximum Gasteiger partial charge on any atom is 0.241 e. The average molecular weight is 285 g/mol. The quantitative estimate of drug-likeness (QED) is 0.890. The molecule has 1 aromatic heterocycles. The Morgan fingerprint density at radius 1 is 1.24 bits per heavy atom. The Kier molecular flexibility index (Phi) is 3.29. The SMILES string of the molecule is CN1C(=O)C(Cc2c[nH]c3ccccc23)NC1C(C)(C)C. The fourth-order valence-electron chi connectivity index (χ4n) is 3.24. The molecule has 0 spiro atoms. The van der Waals surface area contributed by atoms with Crippen molar-refractivity contribution in [2.75, 3.05) is 7.05 Å². The van der Waals surface area contributed by atoms with Gasteiger partial charge in [0.2, 0.25) is 5.91 Å². The third kappa shape index (κ3) is 2.44. The molecular formula is C17H23N3O. The van der Waals surface area contributed by atoms with Crippen LogP contribution in [0.1, 0.15) is 26.3 Å². The zero-order valence-corrected chi connectivity index (χ0v) is 13.1. The number of hydrogen-bond donors (Lipinski definition) is 2. The second-order valence-corrected chi connectivity index (χ2v) is 7.00. The van der Waals surface area contributed by atoms with Crippen molar-refractivity contribution in [3.63, 3.8) is 0 Å². The fraction of sp³-hybridized carbons (Fsp3) is 0.471. The lowest BCUT2D eigenvalue weighted by molar-refractivity contribution is -0.129. The van der Waals surface area contributed by atoms with Crippen LogP contribution in [0.5, 0.6) is 0 Å². The number of benzene rings is 1. The summed E-state index contributed by atoms with van der Waals surface area (Å²) in [6, 6.07) is 8.08. The van der Waals surface area contributed by atoms with Crippen LogP contribution in [-0.4, -0.2) is 35.0 Å². The van der Waals surface area contributed by atoms with Gasteiger partial charge in [-0.1, -0.05) is 39.0 Å². The summed E-state index contributed by atoms with van der Waals surface area (Å²) in [7, 11) is 1.89. The third-order valence-corrected chi connectivity index (χ3v) is 4.31. The van der Waals surface area contributed by atoms with E-state index in [0.29, 0.717) is 0 Å². The highest BCUT2D eigenvalue weighted by molar-refractivity contribution is 5.87. The van der Waals surface area contributed by atoms with Gasteiger partial charge in [-0.05, 0) is 23.5 Å². The molecule has 1 saturated heterocycles. The largest absolute Gasteiger partial charge is 0.361 e. The van der Waals surface area contributed by atoms with E-state index in [-0.39, 0.29) is 23.5 Å². The Balaban J connectivity index is 1.84. The number of carbonyl (C=O) groups is 1. The van der Waals surface area contributed by atoms with Crippen molar-refractivity contribution in [2.45, 2.75) is 39.4 Å². The van der Waals surface area contributed by atoms with Crippen molar-refractivity contribution in [3.05, 3.63) is 36.0 Å². The van der Waals surface area contributed by atoms with E-state index in [1.54, 1.807) is 0 Å². The minimum absolute atomic E-state index is 0.0272. The van der Waals surface area contributed by atoms with E-state index in [0.717, 1.165) is 11.9 Å². The maximum atomic E-state index is 12.5. The number of hydrogen-bond acceptors (Lipinski definition) is 2. The van der Waals surface area contributed by atoms with Gasteiger partial charge in [0.1, 0.15) is 0 Å². The number of aromatic nitrogens is 1. The number of fused-ring (bicyclic) bond motifs is 1. The van der Waals surface area contributed by atoms with Crippen LogP contribution < -0.4 is 5.32 Å². The number of rotatable bonds is 2. The topological polar surface area (TPSA) is 48.1 Å². The Bertz CT molecular complexity index is 668. The van der Waals surface area contributed by atoms with Crippen molar-refractivity contribution in [1.82, 2.24) is 15.2 Å². The van der Waals surface area contributed by atoms with Crippen LogP contribution in [0, 0.1) is 5.41 Å². The van der Waals surface area contributed by atoms with Gasteiger partial charge in [0.05, 0.1) is 12.2 Å². The van der Waals surface area contributed by atoms with E-state index >= 15 is 0 Å². The smallest absolute Gasteiger partial charge is 0.241 e. The van der Waals surface area contributed by atoms with Crippen molar-refractivity contribution < 1.29 is 4.79 Å². The molecule has 2 heterocycles. The highest BCUT2D eigenvalue weighted by Crippen LogP contribution is 2.28. The summed E-state index contributed by atoms with van der Waals surface area (Å²) >= 11 is 0. The summed E-state index contributed by atoms with van der Waals surface area (Å²) in [5.74, 6) is 0.181. The highest BCUT2D eigenvalue weighted by Gasteiger charge is 2.42. The summed E-state index contributed by atoms with van der Waals surface area (Å²) in [6.07, 6.45) is 2.82. The summed E-state index contributed by atoms with van der Waals surface area (Å²) in [4.78, 5) is 17.6. The second-order valence-electron chi connectivity index (χ2n) is 7.00. The summed E-state index contributed by atoms with van der Waals surface area (Å²) < 4.78 is 0. The van der Waals surface area contributed by atoms with E-state index in [1.807, 2.05) is 30.3 Å². The van der Waals surface area contributed by atoms with E-state index in [1.165, 1.54) is 10.9 Å². The molecule has 1 aliphatic heterocycles. The standard InChI is InChI=1S/C17H23N3O/c1-17(2,3)16-19-14(15(21)20(16)4)9-11-10-18-13-8-6-5-7-12(11)13/h5-8,10,14,16,18-19H,9H2,1-4H3. The molecule has 2 N–H and O–H groups in total. The zero-order chi connectivity index (χ0) is 15.2. The summed E-state index contributed by atoms with van der Waals surface area (Å²) in [5, 5.41) is 4.70. The lowest BCUT2D eigenvalue weighted by Gasteiger charge is -2.32. The molecular weight excluding hydrogens is 262 g/mol. The molecule has 2 atom stereocenters. The van der Waals surface area contributed by atoms with Gasteiger partial charge in [0, 0.05) is 24.1 Å². The van der Waals surface area contributed by atoms with Crippen LogP contribution in [0.3, 0.4) is 0 Å². The Morgan fingerprint density at radius 3 is 2.62 bits per heavy atom. The normalized spacial score (nSPS) is 23.2. The molecule has 1 aromatic carbocycles. The number of amides is 1. The molecule has 1 aliphatic rings. The predicted octanol–water partition coefficient (Wildman–Crippen LogP) is 2.51. The number of likely N-dealkylation sites (N-methyl/N-ethyl adjacent to an activating group) is 1. The fourth-order valence-corrected chi connectivity index (χ4v) is 3.24. The molecule has 0 radical (unpaired) electrons. The molecule has 3 rings (SSSR count). The molecule has 0 bridgehead atoms. The minimum Gasteiger partial charge on any atom is -0.361 e. The summed E-state index contributed by atoms with van der Waals surface area (Å²) in [5.41, 5.74) is 2.34. The highest BCUT2D eigenvalue weighted by atomic mass is 16.2. The summed E-state index contributed by atoms with van der Waals surface area (Å²) in [6.45, 7) is 6.47. The first-order valence-corrected chi connectivity index (χ1v) is 7.45. The van der Waals surface area contributed by atoms with Crippen molar-refractivity contribution in [3.8, 4) is 0 Å². The van der Waals surface area contributed by atoms with Crippen LogP contribution in [-0.2, 0) is 11.2 Å². The van der Waals surface area contributed by atoms with Crippen molar-refractivity contribution >= 4 is 16.8 Å². The molecule has 0 aliphatic carbocycles. The molecule has 4 nitrogen and oxygen atoms in total. The monoisotopic (exact) mass is 285 g/mol. The van der Waals surface area contributed by atoms with Crippen molar-refractivity contribution in [2.24, 2.45) is 5.41 Å². The molecule has 112 valence electrons. The van der Waals surface area contributed by atoms with E-state index in [4.69, 9.17) is 0 Å². The second kappa shape index (κ2) is 4.88. The van der Waals surface area contributed by atoms with E-state index < -0.39 is 0 Å². The van der Waals surface area contributed by atoms with E-state index in [9.17, 15) is 4.79 Å².